The van der Waals surface area contributed by atoms with Gasteiger partial charge in [0, 0.05) is 23.0 Å². The lowest BCUT2D eigenvalue weighted by molar-refractivity contribution is 0.0959. The van der Waals surface area contributed by atoms with E-state index in [1.807, 2.05) is 26.0 Å². The number of nitrogens with zero attached hydrogens (tertiary/aromatic N) is 5. The fourth-order valence-corrected chi connectivity index (χ4v) is 3.16. The highest BCUT2D eigenvalue weighted by molar-refractivity contribution is 6.30. The van der Waals surface area contributed by atoms with Gasteiger partial charge in [-0.3, -0.25) is 15.2 Å². The summed E-state index contributed by atoms with van der Waals surface area (Å²) in [7, 11) is 0. The van der Waals surface area contributed by atoms with Gasteiger partial charge in [0.1, 0.15) is 0 Å². The van der Waals surface area contributed by atoms with E-state index in [1.54, 1.807) is 41.3 Å². The van der Waals surface area contributed by atoms with Gasteiger partial charge >= 0.3 is 6.01 Å². The van der Waals surface area contributed by atoms with E-state index in [2.05, 4.69) is 31.1 Å². The molecule has 0 aliphatic heterocycles. The molecule has 3 aromatic heterocycles. The molecule has 30 heavy (non-hydrogen) atoms. The molecule has 4 rings (SSSR count). The number of carbonyl (C=O) groups is 1. The Hall–Kier alpha value is -3.72. The van der Waals surface area contributed by atoms with Gasteiger partial charge in [0.15, 0.2) is 0 Å². The van der Waals surface area contributed by atoms with Crippen molar-refractivity contribution in [2.75, 3.05) is 5.43 Å². The predicted molar refractivity (Wildman–Crippen MR) is 111 cm³/mol. The Morgan fingerprint density at radius 3 is 2.73 bits per heavy atom. The van der Waals surface area contributed by atoms with Crippen molar-refractivity contribution in [3.8, 4) is 17.1 Å². The van der Waals surface area contributed by atoms with Gasteiger partial charge in [0.2, 0.25) is 5.82 Å². The summed E-state index contributed by atoms with van der Waals surface area (Å²) >= 11 is 6.10. The summed E-state index contributed by atoms with van der Waals surface area (Å²) in [6.07, 6.45) is 4.78. The highest BCUT2D eigenvalue weighted by Crippen LogP contribution is 2.24. The molecule has 0 aliphatic carbocycles. The van der Waals surface area contributed by atoms with Crippen LogP contribution in [0.4, 0.5) is 6.01 Å². The maximum Gasteiger partial charge on any atom is 0.340 e. The maximum absolute atomic E-state index is 12.8. The molecule has 10 heteroatoms. The number of amides is 1. The second kappa shape index (κ2) is 8.34. The first kappa shape index (κ1) is 19.6. The van der Waals surface area contributed by atoms with Crippen molar-refractivity contribution in [1.82, 2.24) is 30.3 Å². The number of carbonyl (C=O) groups excluding carboxylic acids is 1. The maximum atomic E-state index is 12.8. The average Bonchev–Trinajstić information content (AvgIpc) is 3.40. The quantitative estimate of drug-likeness (QED) is 0.453. The molecule has 0 radical (unpaired) electrons. The lowest BCUT2D eigenvalue weighted by atomic mass is 10.1. The smallest absolute Gasteiger partial charge is 0.313 e. The van der Waals surface area contributed by atoms with Crippen LogP contribution in [0.2, 0.25) is 5.02 Å². The van der Waals surface area contributed by atoms with E-state index in [0.29, 0.717) is 16.4 Å². The van der Waals surface area contributed by atoms with Crippen LogP contribution in [-0.4, -0.2) is 30.8 Å². The van der Waals surface area contributed by atoms with Crippen LogP contribution < -0.4 is 10.9 Å². The molecular weight excluding hydrogens is 406 g/mol. The van der Waals surface area contributed by atoms with E-state index in [4.69, 9.17) is 16.1 Å². The minimum absolute atomic E-state index is 0.0360. The van der Waals surface area contributed by atoms with Crippen LogP contribution in [-0.2, 0) is 0 Å². The summed E-state index contributed by atoms with van der Waals surface area (Å²) in [5, 5.41) is 8.85. The van der Waals surface area contributed by atoms with Gasteiger partial charge in [-0.1, -0.05) is 36.7 Å². The van der Waals surface area contributed by atoms with Crippen LogP contribution in [0.3, 0.4) is 0 Å². The number of hydrogen-bond acceptors (Lipinski definition) is 7. The van der Waals surface area contributed by atoms with Crippen molar-refractivity contribution >= 4 is 23.5 Å². The topological polar surface area (TPSA) is 111 Å². The third kappa shape index (κ3) is 4.01. The fraction of sp³-hybridized carbons (Fsp3) is 0.150. The first-order valence-electron chi connectivity index (χ1n) is 9.17. The molecule has 9 nitrogen and oxygen atoms in total. The zero-order valence-electron chi connectivity index (χ0n) is 16.2. The summed E-state index contributed by atoms with van der Waals surface area (Å²) in [4.78, 5) is 20.9. The highest BCUT2D eigenvalue weighted by Gasteiger charge is 2.21. The van der Waals surface area contributed by atoms with Crippen molar-refractivity contribution < 1.29 is 9.32 Å². The standard InChI is InChI=1S/C20H18ClN7O2/c1-12(2)17-16(11-23-28(17)15-5-3-4-14(21)10-15)19(29)25-26-20-24-18(27-30-20)13-6-8-22-9-7-13/h3-12H,1-2H3,(H,25,29)(H,24,26,27). The normalized spacial score (nSPS) is 10.9. The molecule has 0 saturated carbocycles. The molecule has 1 amide bonds. The fourth-order valence-electron chi connectivity index (χ4n) is 2.97. The number of benzene rings is 1. The third-order valence-corrected chi connectivity index (χ3v) is 4.53. The Morgan fingerprint density at radius 2 is 2.00 bits per heavy atom. The summed E-state index contributed by atoms with van der Waals surface area (Å²) in [6.45, 7) is 3.97. The molecule has 0 saturated heterocycles. The second-order valence-electron chi connectivity index (χ2n) is 6.73. The SMILES string of the molecule is CC(C)c1c(C(=O)NNc2nc(-c3ccncc3)no2)cnn1-c1cccc(Cl)c1. The Kier molecular flexibility index (Phi) is 5.44. The molecule has 0 spiro atoms. The minimum atomic E-state index is -0.379. The van der Waals surface area contributed by atoms with E-state index in [-0.39, 0.29) is 17.8 Å². The van der Waals surface area contributed by atoms with Crippen molar-refractivity contribution in [3.63, 3.8) is 0 Å². The number of hydrazine groups is 1. The van der Waals surface area contributed by atoms with Gasteiger partial charge in [-0.15, -0.1) is 0 Å². The lowest BCUT2D eigenvalue weighted by Crippen LogP contribution is -2.30. The van der Waals surface area contributed by atoms with E-state index < -0.39 is 0 Å². The largest absolute Gasteiger partial charge is 0.340 e. The van der Waals surface area contributed by atoms with Crippen LogP contribution in [0.1, 0.15) is 35.8 Å². The Balaban J connectivity index is 1.52. The zero-order chi connectivity index (χ0) is 21.1. The van der Waals surface area contributed by atoms with Crippen LogP contribution >= 0.6 is 11.6 Å². The zero-order valence-corrected chi connectivity index (χ0v) is 17.0. The number of nitrogens with one attached hydrogen (secondary N) is 2. The number of pyridine rings is 1. The predicted octanol–water partition coefficient (Wildman–Crippen LogP) is 3.85. The number of hydrogen-bond donors (Lipinski definition) is 2. The molecule has 0 unspecified atom stereocenters. The van der Waals surface area contributed by atoms with Gasteiger partial charge in [-0.05, 0) is 36.2 Å². The van der Waals surface area contributed by atoms with Crippen LogP contribution in [0.25, 0.3) is 17.1 Å². The number of aromatic nitrogens is 5. The summed E-state index contributed by atoms with van der Waals surface area (Å²) in [5.74, 6) is 0.0374. The molecule has 1 aromatic carbocycles. The monoisotopic (exact) mass is 423 g/mol. The second-order valence-corrected chi connectivity index (χ2v) is 7.16. The molecule has 3 heterocycles. The van der Waals surface area contributed by atoms with Gasteiger partial charge in [0.25, 0.3) is 5.91 Å². The van der Waals surface area contributed by atoms with E-state index in [9.17, 15) is 4.79 Å². The van der Waals surface area contributed by atoms with E-state index >= 15 is 0 Å². The van der Waals surface area contributed by atoms with Gasteiger partial charge < -0.3 is 4.52 Å². The molecule has 2 N–H and O–H groups in total. The van der Waals surface area contributed by atoms with Crippen LogP contribution in [0.5, 0.6) is 0 Å². The minimum Gasteiger partial charge on any atom is -0.313 e. The molecule has 0 fully saturated rings. The molecule has 4 aromatic rings. The number of anilines is 1. The number of rotatable bonds is 6. The Labute approximate surface area is 177 Å². The van der Waals surface area contributed by atoms with Crippen molar-refractivity contribution in [3.05, 3.63) is 71.3 Å². The summed E-state index contributed by atoms with van der Waals surface area (Å²) in [5.41, 5.74) is 7.91. The summed E-state index contributed by atoms with van der Waals surface area (Å²) < 4.78 is 6.84. The summed E-state index contributed by atoms with van der Waals surface area (Å²) in [6, 6.07) is 10.9. The molecule has 0 atom stereocenters. The van der Waals surface area contributed by atoms with Gasteiger partial charge in [-0.2, -0.15) is 10.1 Å². The van der Waals surface area contributed by atoms with Gasteiger partial charge in [0.05, 0.1) is 23.1 Å². The Bertz CT molecular complexity index is 1170. The molecule has 0 aliphatic rings. The van der Waals surface area contributed by atoms with Crippen molar-refractivity contribution in [1.29, 1.82) is 0 Å². The van der Waals surface area contributed by atoms with E-state index in [0.717, 1.165) is 16.9 Å². The number of halogens is 1. The first-order chi connectivity index (χ1) is 14.5. The van der Waals surface area contributed by atoms with Crippen molar-refractivity contribution in [2.45, 2.75) is 19.8 Å². The molecular formula is C20H18ClN7O2. The average molecular weight is 424 g/mol. The van der Waals surface area contributed by atoms with Gasteiger partial charge in [-0.25, -0.2) is 10.1 Å². The molecule has 0 bridgehead atoms. The molecule has 152 valence electrons. The first-order valence-corrected chi connectivity index (χ1v) is 9.55. The van der Waals surface area contributed by atoms with Crippen molar-refractivity contribution in [2.24, 2.45) is 0 Å². The van der Waals surface area contributed by atoms with Crippen LogP contribution in [0.15, 0.2) is 59.5 Å². The van der Waals surface area contributed by atoms with E-state index in [1.165, 1.54) is 6.20 Å². The Morgan fingerprint density at radius 1 is 1.20 bits per heavy atom. The lowest BCUT2D eigenvalue weighted by Gasteiger charge is -2.13. The van der Waals surface area contributed by atoms with Crippen LogP contribution in [0, 0.1) is 0 Å². The highest BCUT2D eigenvalue weighted by atomic mass is 35.5. The third-order valence-electron chi connectivity index (χ3n) is 4.30.